The third-order valence-electron chi connectivity index (χ3n) is 4.85. The van der Waals surface area contributed by atoms with Gasteiger partial charge in [-0.1, -0.05) is 0 Å². The van der Waals surface area contributed by atoms with Crippen molar-refractivity contribution in [1.29, 1.82) is 0 Å². The molecule has 0 spiro atoms. The van der Waals surface area contributed by atoms with Crippen molar-refractivity contribution in [3.8, 4) is 0 Å². The molecule has 9 heteroatoms. The molecule has 0 saturated carbocycles. The van der Waals surface area contributed by atoms with Gasteiger partial charge in [0.05, 0.1) is 39.3 Å². The number of carbonyl (C=O) groups is 3. The van der Waals surface area contributed by atoms with Crippen molar-refractivity contribution in [2.45, 2.75) is 74.6 Å². The normalized spacial score (nSPS) is 16.8. The van der Waals surface area contributed by atoms with E-state index in [-0.39, 0.29) is 24.5 Å². The second-order valence-electron chi connectivity index (χ2n) is 9.72. The van der Waals surface area contributed by atoms with Crippen LogP contribution in [-0.4, -0.2) is 38.8 Å². The average molecular weight is 533 g/mol. The third kappa shape index (κ3) is 4.92. The quantitative estimate of drug-likeness (QED) is 0.349. The molecule has 2 unspecified atom stereocenters. The number of amides is 1. The van der Waals surface area contributed by atoms with Crippen molar-refractivity contribution in [3.63, 3.8) is 0 Å². The molecule has 8 nitrogen and oxygen atoms in total. The fourth-order valence-electron chi connectivity index (χ4n) is 3.04. The number of carbonyl (C=O) groups excluding carboxylic acids is 3. The Kier molecular flexibility index (Phi) is 6.85. The number of fused-ring (bicyclic) bond motifs is 1. The second kappa shape index (κ2) is 8.39. The number of aryl methyl sites for hydroxylation is 1. The number of ether oxygens (including phenoxy) is 2. The van der Waals surface area contributed by atoms with E-state index in [1.807, 2.05) is 34.7 Å². The number of nitrogens with zero attached hydrogens (tertiary/aromatic N) is 2. The first-order chi connectivity index (χ1) is 13.6. The summed E-state index contributed by atoms with van der Waals surface area (Å²) in [6.07, 6.45) is -1.21. The molecule has 1 aliphatic heterocycles. The highest BCUT2D eigenvalue weighted by molar-refractivity contribution is 14.1. The van der Waals surface area contributed by atoms with Crippen LogP contribution in [0.3, 0.4) is 0 Å². The Labute approximate surface area is 192 Å². The van der Waals surface area contributed by atoms with Crippen LogP contribution in [0.2, 0.25) is 0 Å². The lowest BCUT2D eigenvalue weighted by atomic mass is 9.97. The highest BCUT2D eigenvalue weighted by atomic mass is 127. The van der Waals surface area contributed by atoms with Crippen molar-refractivity contribution >= 4 is 46.5 Å². The van der Waals surface area contributed by atoms with E-state index in [0.717, 1.165) is 5.69 Å². The van der Waals surface area contributed by atoms with Crippen LogP contribution in [0, 0.1) is 17.8 Å². The molecular formula is C21H32IN3O5. The number of rotatable bonds is 4. The number of aromatic nitrogens is 1. The molecule has 2 heterocycles. The zero-order valence-electron chi connectivity index (χ0n) is 19.2. The molecule has 1 N–H and O–H groups in total. The zero-order valence-corrected chi connectivity index (χ0v) is 21.3. The SMILES string of the molecule is Cc1[nH]c2c(c1C(C)OC(=O)C(C)(C)C)C(=O)N(I)CN2C(C)OC(=O)C(C)(C)C. The summed E-state index contributed by atoms with van der Waals surface area (Å²) in [5, 5.41) is 0. The number of esters is 2. The van der Waals surface area contributed by atoms with E-state index >= 15 is 0 Å². The molecule has 0 saturated heterocycles. The Morgan fingerprint density at radius 1 is 1.03 bits per heavy atom. The Morgan fingerprint density at radius 2 is 1.53 bits per heavy atom. The molecule has 1 aromatic heterocycles. The van der Waals surface area contributed by atoms with Gasteiger partial charge in [0.1, 0.15) is 18.6 Å². The second-order valence-corrected chi connectivity index (χ2v) is 10.9. The fraction of sp³-hybridized carbons (Fsp3) is 0.667. The van der Waals surface area contributed by atoms with Gasteiger partial charge in [-0.2, -0.15) is 0 Å². The van der Waals surface area contributed by atoms with E-state index in [1.165, 1.54) is 3.11 Å². The molecule has 168 valence electrons. The summed E-state index contributed by atoms with van der Waals surface area (Å²) < 4.78 is 12.8. The van der Waals surface area contributed by atoms with Gasteiger partial charge in [-0.15, -0.1) is 0 Å². The minimum absolute atomic E-state index is 0.186. The van der Waals surface area contributed by atoms with Gasteiger partial charge in [-0.3, -0.25) is 17.5 Å². The molecule has 0 aliphatic carbocycles. The largest absolute Gasteiger partial charge is 0.457 e. The van der Waals surface area contributed by atoms with Gasteiger partial charge < -0.3 is 19.4 Å². The maximum absolute atomic E-state index is 13.0. The van der Waals surface area contributed by atoms with Crippen LogP contribution >= 0.6 is 22.9 Å². The van der Waals surface area contributed by atoms with Gasteiger partial charge in [0.15, 0.2) is 6.23 Å². The smallest absolute Gasteiger partial charge is 0.313 e. The Balaban J connectivity index is 2.42. The first kappa shape index (κ1) is 24.5. The Hall–Kier alpha value is -1.78. The molecule has 1 aromatic rings. The molecule has 2 atom stereocenters. The first-order valence-electron chi connectivity index (χ1n) is 9.94. The lowest BCUT2D eigenvalue weighted by molar-refractivity contribution is -0.159. The van der Waals surface area contributed by atoms with Gasteiger partial charge in [0, 0.05) is 11.3 Å². The number of aromatic amines is 1. The minimum Gasteiger partial charge on any atom is -0.457 e. The van der Waals surface area contributed by atoms with Crippen LogP contribution < -0.4 is 4.90 Å². The van der Waals surface area contributed by atoms with E-state index in [4.69, 9.17) is 9.47 Å². The van der Waals surface area contributed by atoms with Crippen LogP contribution in [0.5, 0.6) is 0 Å². The molecule has 0 radical (unpaired) electrons. The summed E-state index contributed by atoms with van der Waals surface area (Å²) in [5.41, 5.74) is 0.501. The van der Waals surface area contributed by atoms with Crippen LogP contribution in [0.25, 0.3) is 0 Å². The van der Waals surface area contributed by atoms with E-state index in [1.54, 1.807) is 55.4 Å². The zero-order chi connectivity index (χ0) is 23.2. The number of hydrogen-bond donors (Lipinski definition) is 1. The Bertz CT molecular complexity index is 850. The van der Waals surface area contributed by atoms with Crippen LogP contribution in [0.4, 0.5) is 5.82 Å². The maximum atomic E-state index is 13.0. The monoisotopic (exact) mass is 533 g/mol. The first-order valence-corrected chi connectivity index (χ1v) is 10.9. The van der Waals surface area contributed by atoms with Gasteiger partial charge in [-0.25, -0.2) is 0 Å². The van der Waals surface area contributed by atoms with Crippen molar-refractivity contribution in [3.05, 3.63) is 16.8 Å². The lowest BCUT2D eigenvalue weighted by Gasteiger charge is -2.37. The maximum Gasteiger partial charge on any atom is 0.313 e. The Morgan fingerprint density at radius 3 is 2.03 bits per heavy atom. The molecular weight excluding hydrogens is 501 g/mol. The average Bonchev–Trinajstić information content (AvgIpc) is 2.93. The van der Waals surface area contributed by atoms with Crippen molar-refractivity contribution in [2.24, 2.45) is 10.8 Å². The van der Waals surface area contributed by atoms with E-state index in [9.17, 15) is 14.4 Å². The van der Waals surface area contributed by atoms with Crippen LogP contribution in [0.1, 0.15) is 83.1 Å². The van der Waals surface area contributed by atoms with Crippen LogP contribution in [-0.2, 0) is 19.1 Å². The van der Waals surface area contributed by atoms with Crippen molar-refractivity contribution in [2.75, 3.05) is 11.6 Å². The molecule has 1 aliphatic rings. The van der Waals surface area contributed by atoms with E-state index < -0.39 is 23.2 Å². The molecule has 30 heavy (non-hydrogen) atoms. The molecule has 0 aromatic carbocycles. The summed E-state index contributed by atoms with van der Waals surface area (Å²) in [4.78, 5) is 42.8. The van der Waals surface area contributed by atoms with Crippen molar-refractivity contribution in [1.82, 2.24) is 8.10 Å². The lowest BCUT2D eigenvalue weighted by Crippen LogP contribution is -2.48. The predicted molar refractivity (Wildman–Crippen MR) is 122 cm³/mol. The third-order valence-corrected chi connectivity index (χ3v) is 5.59. The summed E-state index contributed by atoms with van der Waals surface area (Å²) in [5.74, 6) is -0.296. The van der Waals surface area contributed by atoms with Crippen LogP contribution in [0.15, 0.2) is 0 Å². The summed E-state index contributed by atoms with van der Waals surface area (Å²) in [6.45, 7) is 16.3. The van der Waals surface area contributed by atoms with E-state index in [2.05, 4.69) is 4.98 Å². The number of hydrogen-bond acceptors (Lipinski definition) is 6. The summed E-state index contributed by atoms with van der Waals surface area (Å²) in [7, 11) is 0. The number of halogens is 1. The number of H-pyrrole nitrogens is 1. The topological polar surface area (TPSA) is 91.9 Å². The molecule has 0 bridgehead atoms. The highest BCUT2D eigenvalue weighted by Crippen LogP contribution is 2.39. The fourth-order valence-corrected chi connectivity index (χ4v) is 3.61. The van der Waals surface area contributed by atoms with Gasteiger partial charge in [-0.05, 0) is 62.3 Å². The number of nitrogens with one attached hydrogen (secondary N) is 1. The van der Waals surface area contributed by atoms with Gasteiger partial charge in [0.25, 0.3) is 5.91 Å². The summed E-state index contributed by atoms with van der Waals surface area (Å²) >= 11 is 1.95. The van der Waals surface area contributed by atoms with Gasteiger partial charge in [0.2, 0.25) is 0 Å². The van der Waals surface area contributed by atoms with E-state index in [0.29, 0.717) is 16.9 Å². The molecule has 2 rings (SSSR count). The van der Waals surface area contributed by atoms with Crippen molar-refractivity contribution < 1.29 is 23.9 Å². The highest BCUT2D eigenvalue weighted by Gasteiger charge is 2.39. The van der Waals surface area contributed by atoms with Gasteiger partial charge >= 0.3 is 11.9 Å². The standard InChI is InChI=1S/C21H32IN3O5/c1-11-14(12(2)29-18(27)20(4,5)6)15-16(23-11)24(10-25(22)17(15)26)13(3)30-19(28)21(7,8)9/h12-13,23H,10H2,1-9H3. The predicted octanol–water partition coefficient (Wildman–Crippen LogP) is 4.48. The summed E-state index contributed by atoms with van der Waals surface area (Å²) in [6, 6.07) is 0. The number of anilines is 1. The molecule has 0 fully saturated rings. The minimum atomic E-state index is -0.653. The molecule has 1 amide bonds.